The maximum Gasteiger partial charge on any atom is 0.161 e. The quantitative estimate of drug-likeness (QED) is 0.757. The Morgan fingerprint density at radius 1 is 1.15 bits per heavy atom. The van der Waals surface area contributed by atoms with Crippen LogP contribution < -0.4 is 9.47 Å². The number of rotatable bonds is 6. The molecule has 2 rings (SSSR count). The van der Waals surface area contributed by atoms with E-state index in [1.807, 2.05) is 32.0 Å². The molecule has 0 spiro atoms. The van der Waals surface area contributed by atoms with Crippen molar-refractivity contribution in [3.8, 4) is 11.5 Å². The normalized spacial score (nSPS) is 10.1. The molecule has 0 atom stereocenters. The van der Waals surface area contributed by atoms with Gasteiger partial charge in [0.2, 0.25) is 0 Å². The summed E-state index contributed by atoms with van der Waals surface area (Å²) in [4.78, 5) is 15.2. The van der Waals surface area contributed by atoms with E-state index in [1.54, 1.807) is 18.2 Å². The zero-order valence-electron chi connectivity index (χ0n) is 11.6. The zero-order valence-corrected chi connectivity index (χ0v) is 11.6. The smallest absolute Gasteiger partial charge is 0.161 e. The number of nitrogens with zero attached hydrogens (tertiary/aromatic N) is 1. The highest BCUT2D eigenvalue weighted by molar-refractivity contribution is 5.76. The van der Waals surface area contributed by atoms with Gasteiger partial charge in [-0.15, -0.1) is 0 Å². The number of aryl methyl sites for hydroxylation is 1. The predicted molar refractivity (Wildman–Crippen MR) is 76.3 cm³/mol. The minimum absolute atomic E-state index is 0.363. The van der Waals surface area contributed by atoms with Gasteiger partial charge in [-0.05, 0) is 44.2 Å². The molecule has 1 heterocycles. The van der Waals surface area contributed by atoms with E-state index >= 15 is 0 Å². The van der Waals surface area contributed by atoms with E-state index < -0.39 is 0 Å². The van der Waals surface area contributed by atoms with Crippen LogP contribution >= 0.6 is 0 Å². The highest BCUT2D eigenvalue weighted by Gasteiger charge is 2.07. The molecule has 0 amide bonds. The lowest BCUT2D eigenvalue weighted by Gasteiger charge is -2.12. The molecule has 0 fully saturated rings. The molecule has 0 bridgehead atoms. The van der Waals surface area contributed by atoms with E-state index in [4.69, 9.17) is 9.47 Å². The van der Waals surface area contributed by atoms with Crippen LogP contribution in [0.5, 0.6) is 11.5 Å². The molecule has 104 valence electrons. The first kappa shape index (κ1) is 14.1. The van der Waals surface area contributed by atoms with Crippen molar-refractivity contribution in [3.05, 3.63) is 53.3 Å². The fourth-order valence-electron chi connectivity index (χ4n) is 1.82. The summed E-state index contributed by atoms with van der Waals surface area (Å²) in [6.45, 7) is 4.71. The summed E-state index contributed by atoms with van der Waals surface area (Å²) in [5.41, 5.74) is 2.37. The third kappa shape index (κ3) is 3.57. The predicted octanol–water partition coefficient (Wildman–Crippen LogP) is 3.18. The summed E-state index contributed by atoms with van der Waals surface area (Å²) in [5, 5.41) is 0. The number of carbonyl (C=O) groups is 1. The number of aromatic nitrogens is 1. The van der Waals surface area contributed by atoms with Crippen LogP contribution in [-0.2, 0) is 6.61 Å². The van der Waals surface area contributed by atoms with Gasteiger partial charge in [-0.3, -0.25) is 9.78 Å². The van der Waals surface area contributed by atoms with Crippen molar-refractivity contribution in [2.45, 2.75) is 20.5 Å². The molecule has 0 unspecified atom stereocenters. The molecule has 0 saturated carbocycles. The van der Waals surface area contributed by atoms with E-state index in [0.717, 1.165) is 17.7 Å². The maximum atomic E-state index is 10.8. The van der Waals surface area contributed by atoms with Crippen molar-refractivity contribution in [1.29, 1.82) is 0 Å². The lowest BCUT2D eigenvalue weighted by Crippen LogP contribution is -2.02. The molecular weight excluding hydrogens is 254 g/mol. The van der Waals surface area contributed by atoms with Gasteiger partial charge in [-0.1, -0.05) is 6.07 Å². The summed E-state index contributed by atoms with van der Waals surface area (Å²) in [6.07, 6.45) is 0.786. The van der Waals surface area contributed by atoms with Crippen molar-refractivity contribution >= 4 is 6.29 Å². The number of benzene rings is 1. The third-order valence-electron chi connectivity index (χ3n) is 2.73. The Hall–Kier alpha value is -2.36. The van der Waals surface area contributed by atoms with Crippen LogP contribution in [0.2, 0.25) is 0 Å². The van der Waals surface area contributed by atoms with Crippen LogP contribution in [0.1, 0.15) is 28.7 Å². The standard InChI is InChI=1S/C16H17NO3/c1-3-19-16-9-13(10-18)7-8-15(16)20-11-14-6-4-5-12(2)17-14/h4-10H,3,11H2,1-2H3. The van der Waals surface area contributed by atoms with Gasteiger partial charge in [0, 0.05) is 11.3 Å². The highest BCUT2D eigenvalue weighted by Crippen LogP contribution is 2.28. The van der Waals surface area contributed by atoms with Crippen molar-refractivity contribution in [2.75, 3.05) is 6.61 Å². The first-order valence-corrected chi connectivity index (χ1v) is 6.50. The average molecular weight is 271 g/mol. The molecule has 0 aliphatic rings. The van der Waals surface area contributed by atoms with E-state index in [0.29, 0.717) is 30.3 Å². The van der Waals surface area contributed by atoms with Crippen molar-refractivity contribution < 1.29 is 14.3 Å². The molecule has 0 aliphatic carbocycles. The van der Waals surface area contributed by atoms with E-state index in [9.17, 15) is 4.79 Å². The minimum Gasteiger partial charge on any atom is -0.490 e. The molecule has 20 heavy (non-hydrogen) atoms. The first-order chi connectivity index (χ1) is 9.72. The van der Waals surface area contributed by atoms with Crippen molar-refractivity contribution in [2.24, 2.45) is 0 Å². The van der Waals surface area contributed by atoms with Crippen LogP contribution in [-0.4, -0.2) is 17.9 Å². The van der Waals surface area contributed by atoms with Gasteiger partial charge in [0.25, 0.3) is 0 Å². The Kier molecular flexibility index (Phi) is 4.71. The number of hydrogen-bond donors (Lipinski definition) is 0. The Labute approximate surface area is 118 Å². The van der Waals surface area contributed by atoms with Gasteiger partial charge >= 0.3 is 0 Å². The maximum absolute atomic E-state index is 10.8. The summed E-state index contributed by atoms with van der Waals surface area (Å²) < 4.78 is 11.2. The molecule has 2 aromatic rings. The lowest BCUT2D eigenvalue weighted by atomic mass is 10.2. The monoisotopic (exact) mass is 271 g/mol. The summed E-state index contributed by atoms with van der Waals surface area (Å²) in [6, 6.07) is 10.9. The van der Waals surface area contributed by atoms with E-state index in [-0.39, 0.29) is 0 Å². The Morgan fingerprint density at radius 2 is 2.00 bits per heavy atom. The molecule has 0 N–H and O–H groups in total. The molecule has 4 nitrogen and oxygen atoms in total. The second kappa shape index (κ2) is 6.70. The van der Waals surface area contributed by atoms with Crippen LogP contribution in [0, 0.1) is 6.92 Å². The summed E-state index contributed by atoms with van der Waals surface area (Å²) >= 11 is 0. The number of hydrogen-bond acceptors (Lipinski definition) is 4. The number of carbonyl (C=O) groups excluding carboxylic acids is 1. The minimum atomic E-state index is 0.363. The number of aldehydes is 1. The van der Waals surface area contributed by atoms with Crippen LogP contribution in [0.25, 0.3) is 0 Å². The van der Waals surface area contributed by atoms with Gasteiger partial charge in [0.05, 0.1) is 12.3 Å². The average Bonchev–Trinajstić information content (AvgIpc) is 2.46. The molecule has 1 aromatic carbocycles. The number of pyridine rings is 1. The highest BCUT2D eigenvalue weighted by atomic mass is 16.5. The van der Waals surface area contributed by atoms with Gasteiger partial charge in [0.15, 0.2) is 11.5 Å². The third-order valence-corrected chi connectivity index (χ3v) is 2.73. The number of ether oxygens (including phenoxy) is 2. The molecule has 0 saturated heterocycles. The second-order valence-corrected chi connectivity index (χ2v) is 4.32. The Morgan fingerprint density at radius 3 is 2.70 bits per heavy atom. The van der Waals surface area contributed by atoms with E-state index in [1.165, 1.54) is 0 Å². The van der Waals surface area contributed by atoms with Gasteiger partial charge in [-0.2, -0.15) is 0 Å². The fourth-order valence-corrected chi connectivity index (χ4v) is 1.82. The van der Waals surface area contributed by atoms with Crippen LogP contribution in [0.3, 0.4) is 0 Å². The molecule has 1 aromatic heterocycles. The largest absolute Gasteiger partial charge is 0.490 e. The fraction of sp³-hybridized carbons (Fsp3) is 0.250. The SMILES string of the molecule is CCOc1cc(C=O)ccc1OCc1cccc(C)n1. The molecule has 4 heteroatoms. The van der Waals surface area contributed by atoms with Gasteiger partial charge in [-0.25, -0.2) is 0 Å². The van der Waals surface area contributed by atoms with Crippen LogP contribution in [0.4, 0.5) is 0 Å². The summed E-state index contributed by atoms with van der Waals surface area (Å²) in [5.74, 6) is 1.19. The lowest BCUT2D eigenvalue weighted by molar-refractivity contribution is 0.112. The van der Waals surface area contributed by atoms with Gasteiger partial charge in [0.1, 0.15) is 12.9 Å². The molecule has 0 aliphatic heterocycles. The first-order valence-electron chi connectivity index (χ1n) is 6.50. The topological polar surface area (TPSA) is 48.4 Å². The summed E-state index contributed by atoms with van der Waals surface area (Å²) in [7, 11) is 0. The van der Waals surface area contributed by atoms with Crippen molar-refractivity contribution in [1.82, 2.24) is 4.98 Å². The second-order valence-electron chi connectivity index (χ2n) is 4.32. The Balaban J connectivity index is 2.14. The Bertz CT molecular complexity index is 596. The van der Waals surface area contributed by atoms with Gasteiger partial charge < -0.3 is 9.47 Å². The molecule has 0 radical (unpaired) electrons. The van der Waals surface area contributed by atoms with Crippen LogP contribution in [0.15, 0.2) is 36.4 Å². The molecular formula is C16H17NO3. The van der Waals surface area contributed by atoms with E-state index in [2.05, 4.69) is 4.98 Å². The van der Waals surface area contributed by atoms with Crippen molar-refractivity contribution in [3.63, 3.8) is 0 Å². The zero-order chi connectivity index (χ0) is 14.4.